The van der Waals surface area contributed by atoms with E-state index in [-0.39, 0.29) is 6.10 Å². The van der Waals surface area contributed by atoms with Crippen LogP contribution in [0.2, 0.25) is 0 Å². The van der Waals surface area contributed by atoms with E-state index in [2.05, 4.69) is 14.9 Å². The van der Waals surface area contributed by atoms with Crippen molar-refractivity contribution >= 4 is 11.0 Å². The van der Waals surface area contributed by atoms with Gasteiger partial charge < -0.3 is 4.74 Å². The van der Waals surface area contributed by atoms with Gasteiger partial charge in [0.1, 0.15) is 11.0 Å². The Morgan fingerprint density at radius 3 is 2.86 bits per heavy atom. The Kier molecular flexibility index (Phi) is 2.21. The molecule has 4 heteroatoms. The topological polar surface area (TPSA) is 48.2 Å². The third-order valence-electron chi connectivity index (χ3n) is 2.51. The van der Waals surface area contributed by atoms with Crippen molar-refractivity contribution in [3.63, 3.8) is 0 Å². The van der Waals surface area contributed by atoms with Gasteiger partial charge in [-0.15, -0.1) is 0 Å². The molecule has 4 nitrogen and oxygen atoms in total. The second-order valence-electron chi connectivity index (χ2n) is 3.29. The van der Waals surface area contributed by atoms with Crippen LogP contribution in [0.5, 0.6) is 0 Å². The second-order valence-corrected chi connectivity index (χ2v) is 3.29. The number of rotatable bonds is 2. The molecule has 0 saturated heterocycles. The van der Waals surface area contributed by atoms with E-state index in [0.29, 0.717) is 0 Å². The van der Waals surface area contributed by atoms with Gasteiger partial charge in [-0.2, -0.15) is 0 Å². The predicted octanol–water partition coefficient (Wildman–Crippen LogP) is 2.24. The predicted molar refractivity (Wildman–Crippen MR) is 52.0 cm³/mol. The Balaban J connectivity index is 2.61. The zero-order valence-electron chi connectivity index (χ0n) is 8.44. The lowest BCUT2D eigenvalue weighted by Gasteiger charge is -2.12. The highest BCUT2D eigenvalue weighted by Gasteiger charge is 2.12. The van der Waals surface area contributed by atoms with Crippen molar-refractivity contribution in [2.24, 2.45) is 0 Å². The minimum absolute atomic E-state index is 0.0658. The first-order valence-corrected chi connectivity index (χ1v) is 4.48. The molecule has 74 valence electrons. The Bertz CT molecular complexity index is 450. The molecule has 1 atom stereocenters. The number of aryl methyl sites for hydroxylation is 1. The van der Waals surface area contributed by atoms with Crippen molar-refractivity contribution < 1.29 is 9.37 Å². The van der Waals surface area contributed by atoms with Crippen molar-refractivity contribution in [3.05, 3.63) is 23.3 Å². The lowest BCUT2D eigenvalue weighted by molar-refractivity contribution is 0.119. The van der Waals surface area contributed by atoms with Crippen molar-refractivity contribution in [3.8, 4) is 0 Å². The van der Waals surface area contributed by atoms with Crippen molar-refractivity contribution in [1.29, 1.82) is 0 Å². The van der Waals surface area contributed by atoms with E-state index in [9.17, 15) is 0 Å². The molecule has 2 rings (SSSR count). The molecule has 2 aromatic rings. The molecule has 0 radical (unpaired) electrons. The largest absolute Gasteiger partial charge is 0.377 e. The number of benzene rings is 1. The van der Waals surface area contributed by atoms with Gasteiger partial charge in [0.15, 0.2) is 0 Å². The molecule has 0 aliphatic carbocycles. The molecule has 0 N–H and O–H groups in total. The molecule has 0 aliphatic heterocycles. The van der Waals surface area contributed by atoms with Gasteiger partial charge in [0.25, 0.3) is 0 Å². The molecule has 14 heavy (non-hydrogen) atoms. The van der Waals surface area contributed by atoms with E-state index < -0.39 is 0 Å². The number of nitrogens with zero attached hydrogens (tertiary/aromatic N) is 2. The van der Waals surface area contributed by atoms with Gasteiger partial charge in [0, 0.05) is 7.11 Å². The molecule has 1 aromatic heterocycles. The summed E-state index contributed by atoms with van der Waals surface area (Å²) in [5.41, 5.74) is 3.79. The van der Waals surface area contributed by atoms with E-state index in [1.165, 1.54) is 0 Å². The maximum absolute atomic E-state index is 5.26. The molecule has 0 saturated carbocycles. The van der Waals surface area contributed by atoms with Crippen molar-refractivity contribution in [1.82, 2.24) is 10.3 Å². The second kappa shape index (κ2) is 3.38. The molecule has 0 bridgehead atoms. The highest BCUT2D eigenvalue weighted by Crippen LogP contribution is 2.25. The minimum atomic E-state index is 0.0658. The van der Waals surface area contributed by atoms with Crippen LogP contribution in [0.15, 0.2) is 16.8 Å². The number of methoxy groups -OCH3 is 1. The zero-order chi connectivity index (χ0) is 10.1. The molecular weight excluding hydrogens is 180 g/mol. The Morgan fingerprint density at radius 1 is 1.36 bits per heavy atom. The summed E-state index contributed by atoms with van der Waals surface area (Å²) in [6.45, 7) is 4.00. The van der Waals surface area contributed by atoms with Gasteiger partial charge in [0.05, 0.1) is 6.10 Å². The van der Waals surface area contributed by atoms with Gasteiger partial charge in [0.2, 0.25) is 0 Å². The molecule has 0 spiro atoms. The van der Waals surface area contributed by atoms with Crippen molar-refractivity contribution in [2.75, 3.05) is 7.11 Å². The van der Waals surface area contributed by atoms with Crippen LogP contribution in [0.3, 0.4) is 0 Å². The molecule has 1 heterocycles. The fourth-order valence-electron chi connectivity index (χ4n) is 1.56. The van der Waals surface area contributed by atoms with Crippen LogP contribution in [-0.2, 0) is 4.74 Å². The van der Waals surface area contributed by atoms with Crippen LogP contribution in [0.25, 0.3) is 11.0 Å². The Morgan fingerprint density at radius 2 is 2.14 bits per heavy atom. The number of fused-ring (bicyclic) bond motifs is 1. The molecular formula is C10H12N2O2. The lowest BCUT2D eigenvalue weighted by Crippen LogP contribution is -1.98. The molecule has 1 unspecified atom stereocenters. The summed E-state index contributed by atoms with van der Waals surface area (Å²) < 4.78 is 9.94. The first kappa shape index (κ1) is 9.15. The van der Waals surface area contributed by atoms with Crippen LogP contribution in [-0.4, -0.2) is 17.4 Å². The lowest BCUT2D eigenvalue weighted by atomic mass is 10.0. The number of ether oxygens (including phenoxy) is 1. The van der Waals surface area contributed by atoms with Crippen LogP contribution in [0, 0.1) is 6.92 Å². The highest BCUT2D eigenvalue weighted by molar-refractivity contribution is 5.78. The quantitative estimate of drug-likeness (QED) is 0.732. The van der Waals surface area contributed by atoms with Gasteiger partial charge in [-0.25, -0.2) is 4.63 Å². The van der Waals surface area contributed by atoms with E-state index in [4.69, 9.17) is 4.74 Å². The number of hydrogen-bond acceptors (Lipinski definition) is 4. The molecule has 1 aromatic carbocycles. The number of hydrogen-bond donors (Lipinski definition) is 0. The summed E-state index contributed by atoms with van der Waals surface area (Å²) in [5.74, 6) is 0. The van der Waals surface area contributed by atoms with E-state index in [1.54, 1.807) is 7.11 Å². The highest BCUT2D eigenvalue weighted by atomic mass is 16.6. The Labute approximate surface area is 81.8 Å². The normalized spacial score (nSPS) is 13.4. The van der Waals surface area contributed by atoms with E-state index in [0.717, 1.165) is 22.2 Å². The smallest absolute Gasteiger partial charge is 0.138 e. The van der Waals surface area contributed by atoms with Crippen LogP contribution in [0.4, 0.5) is 0 Å². The molecule has 0 aliphatic rings. The summed E-state index contributed by atoms with van der Waals surface area (Å²) >= 11 is 0. The Hall–Kier alpha value is -1.42. The van der Waals surface area contributed by atoms with E-state index in [1.807, 2.05) is 26.0 Å². The van der Waals surface area contributed by atoms with Gasteiger partial charge in [-0.1, -0.05) is 6.07 Å². The van der Waals surface area contributed by atoms with Crippen LogP contribution in [0.1, 0.15) is 24.2 Å². The first-order chi connectivity index (χ1) is 6.74. The average Bonchev–Trinajstić information content (AvgIpc) is 2.66. The maximum atomic E-state index is 5.26. The monoisotopic (exact) mass is 192 g/mol. The zero-order valence-corrected chi connectivity index (χ0v) is 8.44. The standard InChI is InChI=1S/C10H12N2O2/c1-6-8(7(2)13-3)4-5-9-10(6)12-14-11-9/h4-5,7H,1-3H3. The summed E-state index contributed by atoms with van der Waals surface area (Å²) in [4.78, 5) is 0. The summed E-state index contributed by atoms with van der Waals surface area (Å²) in [6.07, 6.45) is 0.0658. The van der Waals surface area contributed by atoms with E-state index >= 15 is 0 Å². The van der Waals surface area contributed by atoms with Gasteiger partial charge in [-0.05, 0) is 41.4 Å². The fourth-order valence-corrected chi connectivity index (χ4v) is 1.56. The summed E-state index contributed by atoms with van der Waals surface area (Å²) in [5, 5.41) is 7.63. The van der Waals surface area contributed by atoms with Gasteiger partial charge >= 0.3 is 0 Å². The number of aromatic nitrogens is 2. The summed E-state index contributed by atoms with van der Waals surface area (Å²) in [7, 11) is 1.69. The summed E-state index contributed by atoms with van der Waals surface area (Å²) in [6, 6.07) is 3.89. The maximum Gasteiger partial charge on any atom is 0.138 e. The van der Waals surface area contributed by atoms with Crippen LogP contribution < -0.4 is 0 Å². The fraction of sp³-hybridized carbons (Fsp3) is 0.400. The first-order valence-electron chi connectivity index (χ1n) is 4.48. The SMILES string of the molecule is COC(C)c1ccc2nonc2c1C. The molecule has 0 amide bonds. The van der Waals surface area contributed by atoms with Crippen molar-refractivity contribution in [2.45, 2.75) is 20.0 Å². The van der Waals surface area contributed by atoms with Crippen LogP contribution >= 0.6 is 0 Å². The van der Waals surface area contributed by atoms with Gasteiger partial charge in [-0.3, -0.25) is 0 Å². The third-order valence-corrected chi connectivity index (χ3v) is 2.51. The average molecular weight is 192 g/mol. The minimum Gasteiger partial charge on any atom is -0.377 e. The molecule has 0 fully saturated rings. The third kappa shape index (κ3) is 1.28.